The molecule has 38 heavy (non-hydrogen) atoms. The van der Waals surface area contributed by atoms with Crippen LogP contribution in [0.3, 0.4) is 0 Å². The maximum atomic E-state index is 12.9. The van der Waals surface area contributed by atoms with Gasteiger partial charge in [0, 0.05) is 49.1 Å². The molecule has 2 saturated heterocycles. The number of hydrogen-bond acceptors (Lipinski definition) is 7. The average Bonchev–Trinajstić information content (AvgIpc) is 3.07. The van der Waals surface area contributed by atoms with Crippen LogP contribution >= 0.6 is 11.6 Å². The standard InChI is InChI=1S/C26H32ClN5O5S/c1-38(36,37)20-15-22(31-25(34)18-5-4-6-19(27)14-18)24(29-16-20)32-11-8-17(9-12-32)13-23(33)30-21-7-2-3-10-28-26(21)35/h4-6,14-17,21H,2-3,7-13H2,1H3,(H,28,35)(H,30,33)(H,31,34). The SMILES string of the molecule is CS(=O)(=O)c1cnc(N2CCC(CC(=O)NC3CCCCNC3=O)CC2)c(NC(=O)c2cccc(Cl)c2)c1. The van der Waals surface area contributed by atoms with E-state index >= 15 is 0 Å². The van der Waals surface area contributed by atoms with Crippen molar-refractivity contribution in [3.05, 3.63) is 47.1 Å². The third kappa shape index (κ3) is 7.22. The predicted octanol–water partition coefficient (Wildman–Crippen LogP) is 2.78. The first-order valence-corrected chi connectivity index (χ1v) is 15.0. The van der Waals surface area contributed by atoms with Crippen LogP contribution in [0.2, 0.25) is 5.02 Å². The summed E-state index contributed by atoms with van der Waals surface area (Å²) in [6.45, 7) is 1.80. The van der Waals surface area contributed by atoms with Crippen LogP contribution in [0.25, 0.3) is 0 Å². The van der Waals surface area contributed by atoms with Crippen LogP contribution in [-0.2, 0) is 19.4 Å². The molecule has 1 unspecified atom stereocenters. The van der Waals surface area contributed by atoms with E-state index < -0.39 is 21.8 Å². The highest BCUT2D eigenvalue weighted by Gasteiger charge is 2.28. The van der Waals surface area contributed by atoms with E-state index in [2.05, 4.69) is 20.9 Å². The van der Waals surface area contributed by atoms with Crippen molar-refractivity contribution in [3.63, 3.8) is 0 Å². The Morgan fingerprint density at radius 2 is 1.92 bits per heavy atom. The molecular weight excluding hydrogens is 530 g/mol. The first kappa shape index (κ1) is 27.8. The number of nitrogens with zero attached hydrogens (tertiary/aromatic N) is 2. The zero-order valence-corrected chi connectivity index (χ0v) is 22.8. The van der Waals surface area contributed by atoms with E-state index in [0.717, 1.165) is 19.1 Å². The van der Waals surface area contributed by atoms with Gasteiger partial charge in [-0.1, -0.05) is 17.7 Å². The fourth-order valence-electron chi connectivity index (χ4n) is 4.75. The summed E-state index contributed by atoms with van der Waals surface area (Å²) in [5.41, 5.74) is 0.619. The third-order valence-corrected chi connectivity index (χ3v) is 8.18. The Morgan fingerprint density at radius 3 is 2.63 bits per heavy atom. The lowest BCUT2D eigenvalue weighted by Crippen LogP contribution is -2.46. The highest BCUT2D eigenvalue weighted by molar-refractivity contribution is 7.90. The second-order valence-corrected chi connectivity index (χ2v) is 12.3. The van der Waals surface area contributed by atoms with E-state index in [1.807, 2.05) is 4.90 Å². The van der Waals surface area contributed by atoms with Crippen LogP contribution in [0.4, 0.5) is 11.5 Å². The van der Waals surface area contributed by atoms with Crippen LogP contribution in [0, 0.1) is 5.92 Å². The second kappa shape index (κ2) is 12.1. The molecule has 12 heteroatoms. The average molecular weight is 562 g/mol. The molecule has 0 aliphatic carbocycles. The van der Waals surface area contributed by atoms with Crippen LogP contribution in [0.15, 0.2) is 41.4 Å². The molecule has 0 spiro atoms. The van der Waals surface area contributed by atoms with Gasteiger partial charge < -0.3 is 20.9 Å². The molecule has 2 fully saturated rings. The topological polar surface area (TPSA) is 138 Å². The molecule has 3 heterocycles. The first-order chi connectivity index (χ1) is 18.1. The van der Waals surface area contributed by atoms with E-state index in [9.17, 15) is 22.8 Å². The first-order valence-electron chi connectivity index (χ1n) is 12.7. The van der Waals surface area contributed by atoms with Gasteiger partial charge in [0.25, 0.3) is 5.91 Å². The Balaban J connectivity index is 1.42. The molecule has 2 aliphatic rings. The van der Waals surface area contributed by atoms with Gasteiger partial charge in [-0.3, -0.25) is 14.4 Å². The molecule has 10 nitrogen and oxygen atoms in total. The van der Waals surface area contributed by atoms with Gasteiger partial charge in [0.15, 0.2) is 15.7 Å². The van der Waals surface area contributed by atoms with Crippen molar-refractivity contribution in [2.24, 2.45) is 5.92 Å². The van der Waals surface area contributed by atoms with Gasteiger partial charge in [0.2, 0.25) is 11.8 Å². The van der Waals surface area contributed by atoms with Crippen molar-refractivity contribution in [1.29, 1.82) is 0 Å². The van der Waals surface area contributed by atoms with E-state index in [0.29, 0.717) is 61.7 Å². The lowest BCUT2D eigenvalue weighted by atomic mass is 9.93. The molecule has 3 N–H and O–H groups in total. The molecule has 204 valence electrons. The van der Waals surface area contributed by atoms with E-state index in [1.165, 1.54) is 18.3 Å². The van der Waals surface area contributed by atoms with Gasteiger partial charge >= 0.3 is 0 Å². The minimum absolute atomic E-state index is 0.00301. The van der Waals surface area contributed by atoms with Crippen molar-refractivity contribution in [3.8, 4) is 0 Å². The molecule has 2 aromatic rings. The normalized spacial score (nSPS) is 18.8. The second-order valence-electron chi connectivity index (χ2n) is 9.82. The fourth-order valence-corrected chi connectivity index (χ4v) is 5.52. The van der Waals surface area contributed by atoms with E-state index in [4.69, 9.17) is 11.6 Å². The maximum Gasteiger partial charge on any atom is 0.255 e. The number of amides is 3. The quantitative estimate of drug-likeness (QED) is 0.472. The summed E-state index contributed by atoms with van der Waals surface area (Å²) < 4.78 is 24.3. The van der Waals surface area contributed by atoms with Gasteiger partial charge in [0.05, 0.1) is 10.6 Å². The van der Waals surface area contributed by atoms with Gasteiger partial charge in [0.1, 0.15) is 6.04 Å². The van der Waals surface area contributed by atoms with Crippen molar-refractivity contribution >= 4 is 50.7 Å². The number of anilines is 2. The number of carbonyl (C=O) groups is 3. The molecule has 0 bridgehead atoms. The smallest absolute Gasteiger partial charge is 0.255 e. The molecule has 4 rings (SSSR count). The Kier molecular flexibility index (Phi) is 8.88. The van der Waals surface area contributed by atoms with Crippen molar-refractivity contribution < 1.29 is 22.8 Å². The number of piperidine rings is 1. The van der Waals surface area contributed by atoms with Crippen molar-refractivity contribution in [2.75, 3.05) is 36.1 Å². The lowest BCUT2D eigenvalue weighted by Gasteiger charge is -2.34. The summed E-state index contributed by atoms with van der Waals surface area (Å²) in [4.78, 5) is 44.0. The molecule has 2 aliphatic heterocycles. The number of sulfone groups is 1. The number of rotatable bonds is 7. The highest BCUT2D eigenvalue weighted by Crippen LogP contribution is 2.31. The molecular formula is C26H32ClN5O5S. The lowest BCUT2D eigenvalue weighted by molar-refractivity contribution is -0.129. The zero-order chi connectivity index (χ0) is 27.3. The molecule has 0 saturated carbocycles. The molecule has 3 amide bonds. The molecule has 0 radical (unpaired) electrons. The number of benzene rings is 1. The van der Waals surface area contributed by atoms with E-state index in [-0.39, 0.29) is 28.3 Å². The van der Waals surface area contributed by atoms with Gasteiger partial charge in [-0.15, -0.1) is 0 Å². The van der Waals surface area contributed by atoms with Crippen LogP contribution in [-0.4, -0.2) is 63.1 Å². The highest BCUT2D eigenvalue weighted by atomic mass is 35.5. The number of carbonyl (C=O) groups excluding carboxylic acids is 3. The van der Waals surface area contributed by atoms with Gasteiger partial charge in [-0.2, -0.15) is 0 Å². The Labute approximate surface area is 227 Å². The zero-order valence-electron chi connectivity index (χ0n) is 21.2. The summed E-state index contributed by atoms with van der Waals surface area (Å²) >= 11 is 6.02. The van der Waals surface area contributed by atoms with Gasteiger partial charge in [-0.25, -0.2) is 13.4 Å². The largest absolute Gasteiger partial charge is 0.355 e. The Bertz CT molecular complexity index is 1310. The van der Waals surface area contributed by atoms with Crippen LogP contribution in [0.1, 0.15) is 48.9 Å². The fraction of sp³-hybridized carbons (Fsp3) is 0.462. The Hall–Kier alpha value is -3.18. The maximum absolute atomic E-state index is 12.9. The minimum Gasteiger partial charge on any atom is -0.355 e. The van der Waals surface area contributed by atoms with Gasteiger partial charge in [-0.05, 0) is 62.3 Å². The molecule has 1 aromatic carbocycles. The summed E-state index contributed by atoms with van der Waals surface area (Å²) in [6.07, 6.45) is 6.58. The summed E-state index contributed by atoms with van der Waals surface area (Å²) in [6, 6.07) is 7.40. The number of pyridine rings is 1. The molecule has 1 aromatic heterocycles. The third-order valence-electron chi connectivity index (χ3n) is 6.86. The molecule has 1 atom stereocenters. The Morgan fingerprint density at radius 1 is 1.16 bits per heavy atom. The van der Waals surface area contributed by atoms with Crippen molar-refractivity contribution in [2.45, 2.75) is 49.5 Å². The van der Waals surface area contributed by atoms with Crippen LogP contribution < -0.4 is 20.9 Å². The summed E-state index contributed by atoms with van der Waals surface area (Å²) in [5.74, 6) is -0.0850. The predicted molar refractivity (Wildman–Crippen MR) is 145 cm³/mol. The number of aromatic nitrogens is 1. The minimum atomic E-state index is -3.55. The van der Waals surface area contributed by atoms with E-state index in [1.54, 1.807) is 18.2 Å². The number of hydrogen-bond donors (Lipinski definition) is 3. The van der Waals surface area contributed by atoms with Crippen LogP contribution in [0.5, 0.6) is 0 Å². The number of halogens is 1. The number of nitrogens with one attached hydrogen (secondary N) is 3. The van der Waals surface area contributed by atoms with Crippen molar-refractivity contribution in [1.82, 2.24) is 15.6 Å². The monoisotopic (exact) mass is 561 g/mol. The summed E-state index contributed by atoms with van der Waals surface area (Å²) in [5, 5.41) is 8.91. The summed E-state index contributed by atoms with van der Waals surface area (Å²) in [7, 11) is -3.55.